The Kier molecular flexibility index (Phi) is 7.19. The van der Waals surface area contributed by atoms with E-state index in [9.17, 15) is 4.79 Å². The van der Waals surface area contributed by atoms with Crippen LogP contribution in [0.4, 0.5) is 4.79 Å². The second-order valence-electron chi connectivity index (χ2n) is 5.87. The van der Waals surface area contributed by atoms with Gasteiger partial charge in [0.25, 0.3) is 0 Å². The molecule has 0 aromatic heterocycles. The standard InChI is InChI=1S/C13H28N2O2/c1-10(2)7-8-11(9-14-6)15-12(16)17-13(3,4)5/h10-11,14H,7-9H2,1-6H3,(H,15,16). The summed E-state index contributed by atoms with van der Waals surface area (Å²) in [5.74, 6) is 0.648. The highest BCUT2D eigenvalue weighted by atomic mass is 16.6. The highest BCUT2D eigenvalue weighted by molar-refractivity contribution is 5.68. The van der Waals surface area contributed by atoms with E-state index in [0.29, 0.717) is 5.92 Å². The third-order valence-corrected chi connectivity index (χ3v) is 2.26. The topological polar surface area (TPSA) is 50.4 Å². The zero-order valence-electron chi connectivity index (χ0n) is 12.1. The lowest BCUT2D eigenvalue weighted by Gasteiger charge is -2.24. The average molecular weight is 244 g/mol. The van der Waals surface area contributed by atoms with E-state index in [-0.39, 0.29) is 12.1 Å². The van der Waals surface area contributed by atoms with Crippen molar-refractivity contribution in [1.29, 1.82) is 0 Å². The van der Waals surface area contributed by atoms with Gasteiger partial charge in [0.2, 0.25) is 0 Å². The van der Waals surface area contributed by atoms with E-state index in [2.05, 4.69) is 24.5 Å². The van der Waals surface area contributed by atoms with Crippen LogP contribution in [0.15, 0.2) is 0 Å². The van der Waals surface area contributed by atoms with Crippen molar-refractivity contribution in [2.45, 2.75) is 59.1 Å². The van der Waals surface area contributed by atoms with E-state index in [1.165, 1.54) is 0 Å². The SMILES string of the molecule is CNCC(CCC(C)C)NC(=O)OC(C)(C)C. The van der Waals surface area contributed by atoms with Gasteiger partial charge in [-0.05, 0) is 46.6 Å². The molecule has 0 radical (unpaired) electrons. The number of nitrogens with one attached hydrogen (secondary N) is 2. The van der Waals surface area contributed by atoms with Crippen LogP contribution in [-0.2, 0) is 4.74 Å². The molecule has 0 saturated heterocycles. The second-order valence-corrected chi connectivity index (χ2v) is 5.87. The van der Waals surface area contributed by atoms with Crippen LogP contribution < -0.4 is 10.6 Å². The molecule has 4 nitrogen and oxygen atoms in total. The minimum absolute atomic E-state index is 0.136. The van der Waals surface area contributed by atoms with Gasteiger partial charge in [-0.15, -0.1) is 0 Å². The van der Waals surface area contributed by atoms with Gasteiger partial charge in [-0.1, -0.05) is 13.8 Å². The van der Waals surface area contributed by atoms with E-state index in [1.54, 1.807) is 0 Å². The molecule has 0 heterocycles. The molecule has 102 valence electrons. The van der Waals surface area contributed by atoms with Crippen LogP contribution >= 0.6 is 0 Å². The normalized spacial score (nSPS) is 13.6. The first-order valence-corrected chi connectivity index (χ1v) is 6.38. The molecule has 0 aliphatic rings. The summed E-state index contributed by atoms with van der Waals surface area (Å²) in [5.41, 5.74) is -0.438. The maximum atomic E-state index is 11.6. The summed E-state index contributed by atoms with van der Waals surface area (Å²) in [5, 5.41) is 6.00. The molecule has 1 unspecified atom stereocenters. The lowest BCUT2D eigenvalue weighted by molar-refractivity contribution is 0.0500. The molecular weight excluding hydrogens is 216 g/mol. The number of rotatable bonds is 6. The van der Waals surface area contributed by atoms with E-state index in [0.717, 1.165) is 19.4 Å². The Bertz CT molecular complexity index is 222. The molecule has 17 heavy (non-hydrogen) atoms. The number of carbonyl (C=O) groups is 1. The lowest BCUT2D eigenvalue weighted by atomic mass is 10.0. The maximum absolute atomic E-state index is 11.6. The Hall–Kier alpha value is -0.770. The van der Waals surface area contributed by atoms with Gasteiger partial charge in [0.1, 0.15) is 5.60 Å². The van der Waals surface area contributed by atoms with Crippen LogP contribution in [0.2, 0.25) is 0 Å². The largest absolute Gasteiger partial charge is 0.444 e. The Balaban J connectivity index is 4.10. The zero-order chi connectivity index (χ0) is 13.5. The van der Waals surface area contributed by atoms with Gasteiger partial charge in [0.15, 0.2) is 0 Å². The van der Waals surface area contributed by atoms with Crippen molar-refractivity contribution in [3.05, 3.63) is 0 Å². The van der Waals surface area contributed by atoms with Crippen molar-refractivity contribution in [1.82, 2.24) is 10.6 Å². The monoisotopic (exact) mass is 244 g/mol. The van der Waals surface area contributed by atoms with E-state index < -0.39 is 5.60 Å². The first kappa shape index (κ1) is 16.2. The fraction of sp³-hybridized carbons (Fsp3) is 0.923. The van der Waals surface area contributed by atoms with Crippen molar-refractivity contribution >= 4 is 6.09 Å². The van der Waals surface area contributed by atoms with Gasteiger partial charge in [0.05, 0.1) is 0 Å². The maximum Gasteiger partial charge on any atom is 0.407 e. The highest BCUT2D eigenvalue weighted by Crippen LogP contribution is 2.09. The Morgan fingerprint density at radius 3 is 2.24 bits per heavy atom. The third-order valence-electron chi connectivity index (χ3n) is 2.26. The number of carbonyl (C=O) groups excluding carboxylic acids is 1. The average Bonchev–Trinajstić information content (AvgIpc) is 2.11. The van der Waals surface area contributed by atoms with Gasteiger partial charge < -0.3 is 15.4 Å². The Morgan fingerprint density at radius 1 is 1.24 bits per heavy atom. The van der Waals surface area contributed by atoms with Crippen LogP contribution in [0.1, 0.15) is 47.5 Å². The second kappa shape index (κ2) is 7.54. The molecule has 0 spiro atoms. The number of alkyl carbamates (subject to hydrolysis) is 1. The molecule has 2 N–H and O–H groups in total. The minimum Gasteiger partial charge on any atom is -0.444 e. The summed E-state index contributed by atoms with van der Waals surface area (Å²) in [6, 6.07) is 0.136. The third kappa shape index (κ3) is 10.1. The number of ether oxygens (including phenoxy) is 1. The van der Waals surface area contributed by atoms with Crippen molar-refractivity contribution in [2.24, 2.45) is 5.92 Å². The smallest absolute Gasteiger partial charge is 0.407 e. The van der Waals surface area contributed by atoms with Crippen molar-refractivity contribution in [3.63, 3.8) is 0 Å². The molecule has 0 aliphatic heterocycles. The summed E-state index contributed by atoms with van der Waals surface area (Å²) in [6.07, 6.45) is 1.74. The summed E-state index contributed by atoms with van der Waals surface area (Å²) in [4.78, 5) is 11.6. The first-order valence-electron chi connectivity index (χ1n) is 6.38. The highest BCUT2D eigenvalue weighted by Gasteiger charge is 2.19. The minimum atomic E-state index is -0.438. The van der Waals surface area contributed by atoms with Crippen LogP contribution in [0.3, 0.4) is 0 Å². The summed E-state index contributed by atoms with van der Waals surface area (Å²) in [6.45, 7) is 10.7. The Labute approximate surface area is 105 Å². The molecule has 0 saturated carbocycles. The van der Waals surface area contributed by atoms with Crippen LogP contribution in [-0.4, -0.2) is 31.3 Å². The molecule has 1 amide bonds. The Morgan fingerprint density at radius 2 is 1.82 bits per heavy atom. The van der Waals surface area contributed by atoms with Gasteiger partial charge in [0, 0.05) is 12.6 Å². The lowest BCUT2D eigenvalue weighted by Crippen LogP contribution is -2.43. The van der Waals surface area contributed by atoms with Gasteiger partial charge in [-0.25, -0.2) is 4.79 Å². The van der Waals surface area contributed by atoms with Gasteiger partial charge >= 0.3 is 6.09 Å². The van der Waals surface area contributed by atoms with Gasteiger partial charge in [-0.2, -0.15) is 0 Å². The fourth-order valence-corrected chi connectivity index (χ4v) is 1.48. The molecule has 0 aromatic rings. The zero-order valence-corrected chi connectivity index (χ0v) is 12.1. The number of likely N-dealkylation sites (N-methyl/N-ethyl adjacent to an activating group) is 1. The van der Waals surface area contributed by atoms with Gasteiger partial charge in [-0.3, -0.25) is 0 Å². The van der Waals surface area contributed by atoms with Crippen LogP contribution in [0, 0.1) is 5.92 Å². The summed E-state index contributed by atoms with van der Waals surface area (Å²) in [7, 11) is 1.89. The first-order chi connectivity index (χ1) is 7.74. The quantitative estimate of drug-likeness (QED) is 0.755. The van der Waals surface area contributed by atoms with E-state index in [1.807, 2.05) is 27.8 Å². The van der Waals surface area contributed by atoms with Crippen LogP contribution in [0.5, 0.6) is 0 Å². The van der Waals surface area contributed by atoms with Crippen molar-refractivity contribution in [2.75, 3.05) is 13.6 Å². The van der Waals surface area contributed by atoms with Crippen LogP contribution in [0.25, 0.3) is 0 Å². The molecular formula is C13H28N2O2. The molecule has 0 bridgehead atoms. The van der Waals surface area contributed by atoms with Crippen molar-refractivity contribution < 1.29 is 9.53 Å². The molecule has 0 rings (SSSR count). The molecule has 0 aliphatic carbocycles. The predicted octanol–water partition coefficient (Wildman–Crippen LogP) is 2.54. The number of amides is 1. The summed E-state index contributed by atoms with van der Waals surface area (Å²) >= 11 is 0. The predicted molar refractivity (Wildman–Crippen MR) is 71.2 cm³/mol. The number of hydrogen-bond acceptors (Lipinski definition) is 3. The van der Waals surface area contributed by atoms with E-state index in [4.69, 9.17) is 4.74 Å². The van der Waals surface area contributed by atoms with Crippen molar-refractivity contribution in [3.8, 4) is 0 Å². The summed E-state index contributed by atoms with van der Waals surface area (Å²) < 4.78 is 5.24. The fourth-order valence-electron chi connectivity index (χ4n) is 1.48. The molecule has 0 fully saturated rings. The molecule has 1 atom stereocenters. The molecule has 4 heteroatoms. The molecule has 0 aromatic carbocycles. The van der Waals surface area contributed by atoms with E-state index >= 15 is 0 Å². The number of hydrogen-bond donors (Lipinski definition) is 2.